The van der Waals surface area contributed by atoms with E-state index in [9.17, 15) is 48.6 Å². The molecule has 4 rings (SSSR count). The monoisotopic (exact) mass is 797 g/mol. The molecule has 2 fully saturated rings. The van der Waals surface area contributed by atoms with Gasteiger partial charge in [0.05, 0.1) is 12.7 Å². The number of carbonyl (C=O) groups excluding carboxylic acids is 8. The van der Waals surface area contributed by atoms with E-state index in [-0.39, 0.29) is 31.7 Å². The molecular formula is C38H55N9O10. The molecule has 57 heavy (non-hydrogen) atoms. The number of hydrogen-bond donors (Lipinski definition) is 9. The molecule has 3 heterocycles. The summed E-state index contributed by atoms with van der Waals surface area (Å²) in [4.78, 5) is 111. The van der Waals surface area contributed by atoms with Crippen molar-refractivity contribution in [1.29, 1.82) is 0 Å². The Hall–Kier alpha value is -5.56. The number of aliphatic hydroxyl groups excluding tert-OH is 2. The Labute approximate surface area is 330 Å². The fraction of sp³-hybridized carbons (Fsp3) is 0.579. The maximum absolute atomic E-state index is 14.0. The molecule has 0 spiro atoms. The van der Waals surface area contributed by atoms with E-state index in [0.717, 1.165) is 10.9 Å². The molecule has 2 aromatic rings. The number of rotatable bonds is 18. The van der Waals surface area contributed by atoms with Gasteiger partial charge in [0.15, 0.2) is 0 Å². The minimum atomic E-state index is -1.50. The number of H-pyrrole nitrogens is 1. The lowest BCUT2D eigenvalue weighted by molar-refractivity contribution is -0.144. The van der Waals surface area contributed by atoms with Crippen LogP contribution in [0.4, 0.5) is 0 Å². The van der Waals surface area contributed by atoms with Crippen molar-refractivity contribution >= 4 is 58.2 Å². The molecule has 0 radical (unpaired) electrons. The van der Waals surface area contributed by atoms with Crippen LogP contribution in [0.3, 0.4) is 0 Å². The lowest BCUT2D eigenvalue weighted by Gasteiger charge is -2.30. The molecule has 19 heteroatoms. The molecule has 312 valence electrons. The Morgan fingerprint density at radius 2 is 1.44 bits per heavy atom. The first kappa shape index (κ1) is 44.2. The number of nitrogens with one attached hydrogen (secondary N) is 6. The van der Waals surface area contributed by atoms with Crippen molar-refractivity contribution in [3.05, 3.63) is 36.0 Å². The molecule has 8 amide bonds. The average molecular weight is 798 g/mol. The first-order chi connectivity index (χ1) is 27.1. The van der Waals surface area contributed by atoms with E-state index >= 15 is 0 Å². The van der Waals surface area contributed by atoms with Gasteiger partial charge in [-0.1, -0.05) is 31.5 Å². The van der Waals surface area contributed by atoms with Crippen molar-refractivity contribution in [2.24, 2.45) is 5.73 Å². The first-order valence-corrected chi connectivity index (χ1v) is 19.3. The molecule has 2 aliphatic rings. The smallest absolute Gasteiger partial charge is 0.248 e. The summed E-state index contributed by atoms with van der Waals surface area (Å²) in [5.74, 6) is -5.50. The van der Waals surface area contributed by atoms with E-state index in [1.165, 1.54) is 30.6 Å². The lowest BCUT2D eigenvalue weighted by Crippen LogP contribution is -2.61. The van der Waals surface area contributed by atoms with Crippen LogP contribution in [0.5, 0.6) is 0 Å². The fourth-order valence-electron chi connectivity index (χ4n) is 7.27. The van der Waals surface area contributed by atoms with Crippen molar-refractivity contribution in [2.75, 3.05) is 19.7 Å². The highest BCUT2D eigenvalue weighted by Gasteiger charge is 2.41. The van der Waals surface area contributed by atoms with Gasteiger partial charge in [0, 0.05) is 43.5 Å². The van der Waals surface area contributed by atoms with Gasteiger partial charge in [-0.3, -0.25) is 38.4 Å². The van der Waals surface area contributed by atoms with Gasteiger partial charge in [-0.2, -0.15) is 0 Å². The second-order valence-corrected chi connectivity index (χ2v) is 14.6. The molecule has 0 bridgehead atoms. The standard InChI is InChI=1S/C38H55N9O10/c1-5-10-26(32(39)51)42-37(56)31(21(3)49)45-33(52)20(2)41-34(53)27(17-23-18-40-25-12-7-6-11-24(23)25)43-36(55)30-14-9-16-47(30)38(57)28(19-48)44-35(54)29-13-8-15-46(29)22(4)50/h6-7,11-12,18,20-21,26-31,40,48-49H,5,8-10,13-17,19H2,1-4H3,(H2,39,51)(H,41,53)(H,42,56)(H,43,55)(H,44,54)(H,45,52)/t20-,21+,26-,27-,28-,29-,30-,31-/m0/s1. The number of aliphatic hydroxyl groups is 2. The van der Waals surface area contributed by atoms with Crippen LogP contribution in [-0.4, -0.2) is 140 Å². The lowest BCUT2D eigenvalue weighted by atomic mass is 10.0. The van der Waals surface area contributed by atoms with Crippen molar-refractivity contribution in [2.45, 2.75) is 121 Å². The number of para-hydroxylation sites is 1. The Morgan fingerprint density at radius 1 is 0.825 bits per heavy atom. The van der Waals surface area contributed by atoms with E-state index < -0.39 is 96.4 Å². The van der Waals surface area contributed by atoms with Gasteiger partial charge in [0.1, 0.15) is 42.3 Å². The molecule has 0 saturated carbocycles. The Kier molecular flexibility index (Phi) is 15.5. The normalized spacial score (nSPS) is 19.8. The number of hydrogen-bond acceptors (Lipinski definition) is 10. The molecule has 1 aromatic heterocycles. The third-order valence-electron chi connectivity index (χ3n) is 10.4. The van der Waals surface area contributed by atoms with Crippen LogP contribution in [0.2, 0.25) is 0 Å². The van der Waals surface area contributed by atoms with Crippen molar-refractivity contribution < 1.29 is 48.6 Å². The number of aromatic nitrogens is 1. The van der Waals surface area contributed by atoms with Gasteiger partial charge < -0.3 is 57.3 Å². The van der Waals surface area contributed by atoms with E-state index in [1.54, 1.807) is 13.1 Å². The predicted octanol–water partition coefficient (Wildman–Crippen LogP) is -2.19. The van der Waals surface area contributed by atoms with Gasteiger partial charge >= 0.3 is 0 Å². The fourth-order valence-corrected chi connectivity index (χ4v) is 7.27. The van der Waals surface area contributed by atoms with Crippen LogP contribution in [-0.2, 0) is 44.8 Å². The van der Waals surface area contributed by atoms with Gasteiger partial charge in [-0.25, -0.2) is 0 Å². The van der Waals surface area contributed by atoms with Crippen LogP contribution in [0.15, 0.2) is 30.5 Å². The summed E-state index contributed by atoms with van der Waals surface area (Å²) in [6.45, 7) is 5.53. The molecule has 0 aliphatic carbocycles. The summed E-state index contributed by atoms with van der Waals surface area (Å²) >= 11 is 0. The predicted molar refractivity (Wildman–Crippen MR) is 205 cm³/mol. The molecule has 2 aliphatic heterocycles. The van der Waals surface area contributed by atoms with Crippen molar-refractivity contribution in [3.63, 3.8) is 0 Å². The zero-order valence-corrected chi connectivity index (χ0v) is 32.7. The minimum Gasteiger partial charge on any atom is -0.394 e. The van der Waals surface area contributed by atoms with Crippen LogP contribution < -0.4 is 32.3 Å². The molecule has 1 aromatic carbocycles. The summed E-state index contributed by atoms with van der Waals surface area (Å²) < 4.78 is 0. The number of primary amides is 1. The summed E-state index contributed by atoms with van der Waals surface area (Å²) in [6.07, 6.45) is 2.68. The number of aromatic amines is 1. The van der Waals surface area contributed by atoms with Gasteiger partial charge in [0.25, 0.3) is 0 Å². The Morgan fingerprint density at radius 3 is 2.04 bits per heavy atom. The average Bonchev–Trinajstić information content (AvgIpc) is 3.95. The number of amides is 8. The number of benzene rings is 1. The highest BCUT2D eigenvalue weighted by Crippen LogP contribution is 2.22. The minimum absolute atomic E-state index is 0.0371. The summed E-state index contributed by atoms with van der Waals surface area (Å²) in [6, 6.07) is -1.01. The van der Waals surface area contributed by atoms with E-state index in [1.807, 2.05) is 24.3 Å². The molecular weight excluding hydrogens is 742 g/mol. The molecule has 10 N–H and O–H groups in total. The summed E-state index contributed by atoms with van der Waals surface area (Å²) in [5.41, 5.74) is 6.83. The first-order valence-electron chi connectivity index (χ1n) is 19.3. The molecule has 8 atom stereocenters. The topological polar surface area (TPSA) is 285 Å². The number of nitrogens with two attached hydrogens (primary N) is 1. The van der Waals surface area contributed by atoms with Crippen LogP contribution >= 0.6 is 0 Å². The SMILES string of the molecule is CCC[C@H](NC(=O)[C@@H](NC(=O)[C@H](C)NC(=O)[C@H](Cc1c[nH]c2ccccc12)NC(=O)[C@@H]1CCCN1C(=O)[C@H](CO)NC(=O)[C@@H]1CCCN1C(C)=O)[C@@H](C)O)C(N)=O. The van der Waals surface area contributed by atoms with E-state index in [2.05, 4.69) is 31.6 Å². The van der Waals surface area contributed by atoms with E-state index in [0.29, 0.717) is 37.8 Å². The molecule has 2 saturated heterocycles. The number of nitrogens with zero attached hydrogens (tertiary/aromatic N) is 2. The third-order valence-corrected chi connectivity index (χ3v) is 10.4. The largest absolute Gasteiger partial charge is 0.394 e. The maximum atomic E-state index is 14.0. The number of likely N-dealkylation sites (tertiary alicyclic amines) is 2. The van der Waals surface area contributed by atoms with Crippen molar-refractivity contribution in [3.8, 4) is 0 Å². The molecule has 0 unspecified atom stereocenters. The van der Waals surface area contributed by atoms with Gasteiger partial charge in [-0.05, 0) is 57.6 Å². The summed E-state index contributed by atoms with van der Waals surface area (Å²) in [5, 5.41) is 33.9. The maximum Gasteiger partial charge on any atom is 0.248 e. The highest BCUT2D eigenvalue weighted by atomic mass is 16.3. The van der Waals surface area contributed by atoms with Crippen molar-refractivity contribution in [1.82, 2.24) is 41.4 Å². The van der Waals surface area contributed by atoms with E-state index in [4.69, 9.17) is 5.73 Å². The Bertz CT molecular complexity index is 1820. The zero-order valence-electron chi connectivity index (χ0n) is 32.7. The van der Waals surface area contributed by atoms with Gasteiger partial charge in [-0.15, -0.1) is 0 Å². The quantitative estimate of drug-likeness (QED) is 0.0786. The zero-order chi connectivity index (χ0) is 42.0. The molecule has 19 nitrogen and oxygen atoms in total. The second-order valence-electron chi connectivity index (χ2n) is 14.6. The van der Waals surface area contributed by atoms with Crippen LogP contribution in [0.25, 0.3) is 10.9 Å². The Balaban J connectivity index is 1.49. The number of fused-ring (bicyclic) bond motifs is 1. The third kappa shape index (κ3) is 11.1. The van der Waals surface area contributed by atoms with Crippen LogP contribution in [0.1, 0.15) is 71.8 Å². The number of carbonyl (C=O) groups is 8. The van der Waals surface area contributed by atoms with Crippen LogP contribution in [0, 0.1) is 0 Å². The van der Waals surface area contributed by atoms with Gasteiger partial charge in [0.2, 0.25) is 47.3 Å². The second kappa shape index (κ2) is 20.0. The highest BCUT2D eigenvalue weighted by molar-refractivity contribution is 5.98. The summed E-state index contributed by atoms with van der Waals surface area (Å²) in [7, 11) is 0.